The fourth-order valence-corrected chi connectivity index (χ4v) is 1.80. The first-order valence-electron chi connectivity index (χ1n) is 5.81. The molecule has 1 aromatic rings. The van der Waals surface area contributed by atoms with Crippen LogP contribution in [0.5, 0.6) is 5.75 Å². The molecule has 0 spiro atoms. The van der Waals surface area contributed by atoms with Crippen LogP contribution in [0.2, 0.25) is 0 Å². The van der Waals surface area contributed by atoms with Gasteiger partial charge in [0.05, 0.1) is 13.2 Å². The Morgan fingerprint density at radius 1 is 1.39 bits per heavy atom. The molecule has 1 unspecified atom stereocenters. The van der Waals surface area contributed by atoms with Crippen molar-refractivity contribution in [3.8, 4) is 5.75 Å². The highest BCUT2D eigenvalue weighted by atomic mass is 19.1. The predicted octanol–water partition coefficient (Wildman–Crippen LogP) is 1.68. The van der Waals surface area contributed by atoms with E-state index >= 15 is 0 Å². The predicted molar refractivity (Wildman–Crippen MR) is 70.8 cm³/mol. The molecule has 0 saturated heterocycles. The van der Waals surface area contributed by atoms with Crippen LogP contribution in [0.3, 0.4) is 0 Å². The smallest absolute Gasteiger partial charge is 0.131 e. The zero-order chi connectivity index (χ0) is 13.9. The second-order valence-electron chi connectivity index (χ2n) is 5.04. The average Bonchev–Trinajstić information content (AvgIpc) is 2.31. The third-order valence-corrected chi connectivity index (χ3v) is 3.54. The van der Waals surface area contributed by atoms with Gasteiger partial charge in [-0.2, -0.15) is 0 Å². The van der Waals surface area contributed by atoms with Gasteiger partial charge in [-0.05, 0) is 34.0 Å². The lowest BCUT2D eigenvalue weighted by Crippen LogP contribution is -2.51. The van der Waals surface area contributed by atoms with E-state index in [0.29, 0.717) is 11.3 Å². The van der Waals surface area contributed by atoms with Gasteiger partial charge in [-0.3, -0.25) is 11.3 Å². The number of hydrogen-bond acceptors (Lipinski definition) is 4. The van der Waals surface area contributed by atoms with E-state index in [1.54, 1.807) is 12.1 Å². The Hall–Kier alpha value is -1.17. The lowest BCUT2D eigenvalue weighted by Gasteiger charge is -2.40. The maximum atomic E-state index is 14.1. The van der Waals surface area contributed by atoms with Gasteiger partial charge >= 0.3 is 0 Å². The third-order valence-electron chi connectivity index (χ3n) is 3.54. The summed E-state index contributed by atoms with van der Waals surface area (Å²) in [5, 5.41) is 0. The lowest BCUT2D eigenvalue weighted by molar-refractivity contribution is 0.136. The van der Waals surface area contributed by atoms with Gasteiger partial charge in [-0.15, -0.1) is 0 Å². The van der Waals surface area contributed by atoms with Gasteiger partial charge in [0, 0.05) is 17.2 Å². The number of rotatable bonds is 5. The molecule has 0 aliphatic rings. The number of nitrogens with one attached hydrogen (secondary N) is 1. The van der Waals surface area contributed by atoms with E-state index in [9.17, 15) is 4.39 Å². The van der Waals surface area contributed by atoms with E-state index < -0.39 is 0 Å². The lowest BCUT2D eigenvalue weighted by atomic mass is 9.87. The summed E-state index contributed by atoms with van der Waals surface area (Å²) in [7, 11) is 5.38. The summed E-state index contributed by atoms with van der Waals surface area (Å²) >= 11 is 0. The Bertz CT molecular complexity index is 407. The molecule has 0 aromatic heterocycles. The highest BCUT2D eigenvalue weighted by Crippen LogP contribution is 2.31. The number of nitrogens with two attached hydrogens (primary N) is 1. The molecular weight excluding hydrogens is 233 g/mol. The number of benzene rings is 1. The van der Waals surface area contributed by atoms with Gasteiger partial charge in [0.1, 0.15) is 11.6 Å². The van der Waals surface area contributed by atoms with E-state index in [1.165, 1.54) is 13.2 Å². The SMILES string of the molecule is COc1ccc(C(NN)C(C)(C)N(C)C)c(F)c1. The first-order chi connectivity index (χ1) is 8.34. The number of nitrogens with zero attached hydrogens (tertiary/aromatic N) is 1. The van der Waals surface area contributed by atoms with Crippen molar-refractivity contribution in [2.45, 2.75) is 25.4 Å². The third kappa shape index (κ3) is 2.80. The van der Waals surface area contributed by atoms with Crippen molar-refractivity contribution in [2.75, 3.05) is 21.2 Å². The minimum absolute atomic E-state index is 0.321. The summed E-state index contributed by atoms with van der Waals surface area (Å²) < 4.78 is 19.1. The molecule has 0 aliphatic carbocycles. The zero-order valence-corrected chi connectivity index (χ0v) is 11.6. The number of methoxy groups -OCH3 is 1. The van der Waals surface area contributed by atoms with E-state index in [-0.39, 0.29) is 17.4 Å². The molecule has 0 heterocycles. The highest BCUT2D eigenvalue weighted by Gasteiger charge is 2.33. The van der Waals surface area contributed by atoms with Crippen LogP contribution in [-0.4, -0.2) is 31.6 Å². The Morgan fingerprint density at radius 3 is 2.39 bits per heavy atom. The Morgan fingerprint density at radius 2 is 2.00 bits per heavy atom. The average molecular weight is 255 g/mol. The van der Waals surface area contributed by atoms with Gasteiger partial charge in [0.25, 0.3) is 0 Å². The van der Waals surface area contributed by atoms with Crippen molar-refractivity contribution >= 4 is 0 Å². The number of hydrazine groups is 1. The maximum absolute atomic E-state index is 14.1. The molecule has 0 bridgehead atoms. The number of halogens is 1. The topological polar surface area (TPSA) is 50.5 Å². The summed E-state index contributed by atoms with van der Waals surface area (Å²) in [6, 6.07) is 4.47. The molecule has 0 fully saturated rings. The molecule has 18 heavy (non-hydrogen) atoms. The van der Waals surface area contributed by atoms with Crippen molar-refractivity contribution < 1.29 is 9.13 Å². The van der Waals surface area contributed by atoms with Crippen LogP contribution in [0.15, 0.2) is 18.2 Å². The Labute approximate surface area is 108 Å². The fourth-order valence-electron chi connectivity index (χ4n) is 1.80. The van der Waals surface area contributed by atoms with Crippen molar-refractivity contribution in [2.24, 2.45) is 5.84 Å². The van der Waals surface area contributed by atoms with Crippen molar-refractivity contribution in [1.82, 2.24) is 10.3 Å². The zero-order valence-electron chi connectivity index (χ0n) is 11.6. The normalized spacial score (nSPS) is 13.8. The van der Waals surface area contributed by atoms with Gasteiger partial charge in [-0.25, -0.2) is 4.39 Å². The first kappa shape index (κ1) is 14.9. The summed E-state index contributed by atoms with van der Waals surface area (Å²) in [5.41, 5.74) is 2.89. The molecule has 0 aliphatic heterocycles. The highest BCUT2D eigenvalue weighted by molar-refractivity contribution is 5.32. The van der Waals surface area contributed by atoms with E-state index in [1.807, 2.05) is 32.8 Å². The van der Waals surface area contributed by atoms with E-state index in [0.717, 1.165) is 0 Å². The summed E-state index contributed by atoms with van der Waals surface area (Å²) in [6.07, 6.45) is 0. The second kappa shape index (κ2) is 5.65. The van der Waals surface area contributed by atoms with Gasteiger partial charge < -0.3 is 9.64 Å². The number of hydrogen-bond donors (Lipinski definition) is 2. The molecular formula is C13H22FN3O. The first-order valence-corrected chi connectivity index (χ1v) is 5.81. The van der Waals surface area contributed by atoms with Crippen LogP contribution in [-0.2, 0) is 0 Å². The molecule has 1 atom stereocenters. The molecule has 0 radical (unpaired) electrons. The molecule has 1 rings (SSSR count). The van der Waals surface area contributed by atoms with Crippen molar-refractivity contribution in [3.63, 3.8) is 0 Å². The van der Waals surface area contributed by atoms with Gasteiger partial charge in [-0.1, -0.05) is 6.07 Å². The minimum atomic E-state index is -0.329. The van der Waals surface area contributed by atoms with Crippen LogP contribution < -0.4 is 16.0 Å². The maximum Gasteiger partial charge on any atom is 0.131 e. The summed E-state index contributed by atoms with van der Waals surface area (Å²) in [4.78, 5) is 2.00. The van der Waals surface area contributed by atoms with Crippen molar-refractivity contribution in [3.05, 3.63) is 29.6 Å². The Balaban J connectivity index is 3.17. The summed E-state index contributed by atoms with van der Waals surface area (Å²) in [6.45, 7) is 4.00. The van der Waals surface area contributed by atoms with Crippen molar-refractivity contribution in [1.29, 1.82) is 0 Å². The Kier molecular flexibility index (Phi) is 4.67. The molecule has 102 valence electrons. The largest absolute Gasteiger partial charge is 0.497 e. The molecule has 1 aromatic carbocycles. The van der Waals surface area contributed by atoms with Crippen LogP contribution in [0.25, 0.3) is 0 Å². The molecule has 0 amide bonds. The minimum Gasteiger partial charge on any atom is -0.497 e. The standard InChI is InChI=1S/C13H22FN3O/c1-13(2,17(3)4)12(16-15)10-7-6-9(18-5)8-11(10)14/h6-8,12,16H,15H2,1-5H3. The second-order valence-corrected chi connectivity index (χ2v) is 5.04. The number of likely N-dealkylation sites (N-methyl/N-ethyl adjacent to an activating group) is 1. The van der Waals surface area contributed by atoms with Crippen LogP contribution in [0, 0.1) is 5.82 Å². The van der Waals surface area contributed by atoms with Crippen LogP contribution >= 0.6 is 0 Å². The van der Waals surface area contributed by atoms with E-state index in [2.05, 4.69) is 5.43 Å². The van der Waals surface area contributed by atoms with Gasteiger partial charge in [0.15, 0.2) is 0 Å². The monoisotopic (exact) mass is 255 g/mol. The van der Waals surface area contributed by atoms with E-state index in [4.69, 9.17) is 10.6 Å². The molecule has 4 nitrogen and oxygen atoms in total. The molecule has 3 N–H and O–H groups in total. The quantitative estimate of drug-likeness (QED) is 0.621. The van der Waals surface area contributed by atoms with Crippen LogP contribution in [0.4, 0.5) is 4.39 Å². The number of ether oxygens (including phenoxy) is 1. The summed E-state index contributed by atoms with van der Waals surface area (Å²) in [5.74, 6) is 5.76. The molecule has 5 heteroatoms. The van der Waals surface area contributed by atoms with Crippen LogP contribution in [0.1, 0.15) is 25.5 Å². The van der Waals surface area contributed by atoms with Gasteiger partial charge in [0.2, 0.25) is 0 Å². The fraction of sp³-hybridized carbons (Fsp3) is 0.538. The molecule has 0 saturated carbocycles.